The lowest BCUT2D eigenvalue weighted by Gasteiger charge is -2.54. The number of aromatic nitrogens is 1. The molecule has 1 aromatic carbocycles. The van der Waals surface area contributed by atoms with E-state index >= 15 is 0 Å². The SMILES string of the molecule is O=C1CCC[C@@H]2N[C@H](Nc3nc4ccccc4o3)NC3(CCCCC3)[C@@H]12. The number of para-hydroxylation sites is 2. The van der Waals surface area contributed by atoms with Crippen molar-refractivity contribution in [1.29, 1.82) is 0 Å². The van der Waals surface area contributed by atoms with Crippen molar-refractivity contribution in [3.63, 3.8) is 0 Å². The highest BCUT2D eigenvalue weighted by atomic mass is 16.4. The Balaban J connectivity index is 1.42. The molecule has 26 heavy (non-hydrogen) atoms. The number of nitrogens with one attached hydrogen (secondary N) is 3. The van der Waals surface area contributed by atoms with E-state index in [1.165, 1.54) is 19.3 Å². The minimum absolute atomic E-state index is 0.0879. The maximum atomic E-state index is 12.8. The number of fused-ring (bicyclic) bond motifs is 3. The molecule has 2 saturated carbocycles. The second kappa shape index (κ2) is 6.35. The molecule has 6 heteroatoms. The van der Waals surface area contributed by atoms with Gasteiger partial charge in [-0.2, -0.15) is 4.98 Å². The molecule has 2 aliphatic carbocycles. The smallest absolute Gasteiger partial charge is 0.297 e. The quantitative estimate of drug-likeness (QED) is 0.769. The number of ketones is 1. The molecule has 2 heterocycles. The zero-order chi connectivity index (χ0) is 17.6. The van der Waals surface area contributed by atoms with Gasteiger partial charge in [-0.15, -0.1) is 0 Å². The molecule has 0 bridgehead atoms. The summed E-state index contributed by atoms with van der Waals surface area (Å²) in [4.78, 5) is 17.3. The number of Topliss-reactive ketones (excluding diaryl/α,β-unsaturated/α-hetero) is 1. The van der Waals surface area contributed by atoms with Gasteiger partial charge < -0.3 is 9.73 Å². The number of nitrogens with zero attached hydrogens (tertiary/aromatic N) is 1. The van der Waals surface area contributed by atoms with Crippen molar-refractivity contribution in [3.05, 3.63) is 24.3 Å². The largest absolute Gasteiger partial charge is 0.424 e. The molecule has 2 aromatic rings. The molecular weight excluding hydrogens is 328 g/mol. The minimum atomic E-state index is -0.131. The van der Waals surface area contributed by atoms with Crippen molar-refractivity contribution in [2.24, 2.45) is 5.92 Å². The van der Waals surface area contributed by atoms with Crippen molar-refractivity contribution >= 4 is 22.9 Å². The van der Waals surface area contributed by atoms with Gasteiger partial charge >= 0.3 is 0 Å². The lowest BCUT2D eigenvalue weighted by molar-refractivity contribution is -0.132. The van der Waals surface area contributed by atoms with Crippen LogP contribution in [0.5, 0.6) is 0 Å². The van der Waals surface area contributed by atoms with E-state index in [4.69, 9.17) is 4.42 Å². The zero-order valence-corrected chi connectivity index (χ0v) is 15.0. The Bertz CT molecular complexity index is 778. The van der Waals surface area contributed by atoms with Gasteiger partial charge in [-0.05, 0) is 37.8 Å². The molecule has 3 aliphatic rings. The Hall–Kier alpha value is -1.92. The third-order valence-electron chi connectivity index (χ3n) is 6.40. The van der Waals surface area contributed by atoms with E-state index < -0.39 is 0 Å². The van der Waals surface area contributed by atoms with Crippen LogP contribution in [-0.4, -0.2) is 28.6 Å². The number of oxazole rings is 1. The van der Waals surface area contributed by atoms with Gasteiger partial charge in [0.1, 0.15) is 17.6 Å². The summed E-state index contributed by atoms with van der Waals surface area (Å²) in [6.07, 6.45) is 8.46. The van der Waals surface area contributed by atoms with Crippen molar-refractivity contribution < 1.29 is 9.21 Å². The monoisotopic (exact) mass is 354 g/mol. The molecule has 0 amide bonds. The van der Waals surface area contributed by atoms with Crippen LogP contribution >= 0.6 is 0 Å². The van der Waals surface area contributed by atoms with Crippen molar-refractivity contribution in [2.75, 3.05) is 5.32 Å². The topological polar surface area (TPSA) is 79.2 Å². The van der Waals surface area contributed by atoms with Crippen LogP contribution in [-0.2, 0) is 4.79 Å². The highest BCUT2D eigenvalue weighted by molar-refractivity contribution is 5.84. The first kappa shape index (κ1) is 16.3. The minimum Gasteiger partial charge on any atom is -0.424 e. The van der Waals surface area contributed by atoms with Crippen LogP contribution in [0.25, 0.3) is 11.1 Å². The maximum absolute atomic E-state index is 12.8. The number of anilines is 1. The third-order valence-corrected chi connectivity index (χ3v) is 6.40. The second-order valence-corrected chi connectivity index (χ2v) is 8.03. The fraction of sp³-hybridized carbons (Fsp3) is 0.600. The van der Waals surface area contributed by atoms with Gasteiger partial charge in [0.2, 0.25) is 0 Å². The molecule has 3 atom stereocenters. The normalized spacial score (nSPS) is 31.1. The summed E-state index contributed by atoms with van der Waals surface area (Å²) in [6, 6.07) is 8.53. The van der Waals surface area contributed by atoms with E-state index in [-0.39, 0.29) is 23.8 Å². The lowest BCUT2D eigenvalue weighted by atomic mass is 9.64. The molecular formula is C20H26N4O2. The Morgan fingerprint density at radius 3 is 2.85 bits per heavy atom. The molecule has 0 radical (unpaired) electrons. The highest BCUT2D eigenvalue weighted by Gasteiger charge is 2.52. The molecule has 0 unspecified atom stereocenters. The number of benzene rings is 1. The fourth-order valence-electron chi connectivity index (χ4n) is 5.32. The van der Waals surface area contributed by atoms with E-state index in [1.54, 1.807) is 0 Å². The Morgan fingerprint density at radius 2 is 2.00 bits per heavy atom. The maximum Gasteiger partial charge on any atom is 0.297 e. The van der Waals surface area contributed by atoms with Crippen molar-refractivity contribution in [1.82, 2.24) is 15.6 Å². The fourth-order valence-corrected chi connectivity index (χ4v) is 5.32. The van der Waals surface area contributed by atoms with Gasteiger partial charge in [0.15, 0.2) is 5.58 Å². The summed E-state index contributed by atoms with van der Waals surface area (Å²) in [5, 5.41) is 10.7. The van der Waals surface area contributed by atoms with E-state index in [0.29, 0.717) is 11.8 Å². The lowest BCUT2D eigenvalue weighted by Crippen LogP contribution is -2.74. The van der Waals surface area contributed by atoms with Crippen LogP contribution in [0, 0.1) is 5.92 Å². The predicted octanol–water partition coefficient (Wildman–Crippen LogP) is 3.16. The van der Waals surface area contributed by atoms with E-state index in [9.17, 15) is 4.79 Å². The van der Waals surface area contributed by atoms with Crippen LogP contribution < -0.4 is 16.0 Å². The van der Waals surface area contributed by atoms with Crippen LogP contribution in [0.15, 0.2) is 28.7 Å². The average molecular weight is 354 g/mol. The number of carbonyl (C=O) groups excluding carboxylic acids is 1. The summed E-state index contributed by atoms with van der Waals surface area (Å²) < 4.78 is 5.83. The van der Waals surface area contributed by atoms with E-state index in [1.807, 2.05) is 24.3 Å². The molecule has 3 fully saturated rings. The van der Waals surface area contributed by atoms with Gasteiger partial charge in [-0.3, -0.25) is 15.4 Å². The first-order chi connectivity index (χ1) is 12.7. The molecule has 5 rings (SSSR count). The first-order valence-electron chi connectivity index (χ1n) is 9.92. The number of hydrogen-bond donors (Lipinski definition) is 3. The van der Waals surface area contributed by atoms with Crippen LogP contribution in [0.3, 0.4) is 0 Å². The molecule has 1 aliphatic heterocycles. The summed E-state index contributed by atoms with van der Waals surface area (Å²) in [6.45, 7) is 0. The third kappa shape index (κ3) is 2.72. The standard InChI is InChI=1S/C20H26N4O2/c25-15-9-6-8-14-17(15)20(11-4-1-5-12-20)24-18(21-14)23-19-22-13-7-2-3-10-16(13)26-19/h2-3,7,10,14,17-18,21,24H,1,4-6,8-9,11-12H2,(H,22,23)/t14-,17+,18+/m0/s1. The molecule has 1 spiro atoms. The molecule has 1 aromatic heterocycles. The van der Waals surface area contributed by atoms with Gasteiger partial charge in [0.05, 0.1) is 5.92 Å². The summed E-state index contributed by atoms with van der Waals surface area (Å²) in [7, 11) is 0. The van der Waals surface area contributed by atoms with Gasteiger partial charge in [0.25, 0.3) is 6.01 Å². The Kier molecular flexibility index (Phi) is 3.98. The number of carbonyl (C=O) groups is 1. The Labute approximate surface area is 153 Å². The molecule has 3 N–H and O–H groups in total. The van der Waals surface area contributed by atoms with Gasteiger partial charge in [-0.25, -0.2) is 0 Å². The number of hydrogen-bond acceptors (Lipinski definition) is 6. The van der Waals surface area contributed by atoms with Crippen molar-refractivity contribution in [2.45, 2.75) is 69.2 Å². The zero-order valence-electron chi connectivity index (χ0n) is 15.0. The average Bonchev–Trinajstić information content (AvgIpc) is 3.04. The second-order valence-electron chi connectivity index (χ2n) is 8.03. The van der Waals surface area contributed by atoms with Gasteiger partial charge in [-0.1, -0.05) is 31.4 Å². The van der Waals surface area contributed by atoms with Crippen LogP contribution in [0.4, 0.5) is 6.01 Å². The summed E-state index contributed by atoms with van der Waals surface area (Å²) >= 11 is 0. The predicted molar refractivity (Wildman–Crippen MR) is 99.6 cm³/mol. The highest BCUT2D eigenvalue weighted by Crippen LogP contribution is 2.42. The summed E-state index contributed by atoms with van der Waals surface area (Å²) in [5.74, 6) is 0.529. The number of rotatable bonds is 2. The van der Waals surface area contributed by atoms with Gasteiger partial charge in [0, 0.05) is 18.0 Å². The van der Waals surface area contributed by atoms with Crippen LogP contribution in [0.1, 0.15) is 51.4 Å². The molecule has 6 nitrogen and oxygen atoms in total. The van der Waals surface area contributed by atoms with E-state index in [2.05, 4.69) is 20.9 Å². The van der Waals surface area contributed by atoms with Crippen LogP contribution in [0.2, 0.25) is 0 Å². The summed E-state index contributed by atoms with van der Waals surface area (Å²) in [5.41, 5.74) is 1.54. The van der Waals surface area contributed by atoms with E-state index in [0.717, 1.165) is 43.2 Å². The first-order valence-corrected chi connectivity index (χ1v) is 9.92. The Morgan fingerprint density at radius 1 is 1.15 bits per heavy atom. The molecule has 138 valence electrons. The van der Waals surface area contributed by atoms with Crippen molar-refractivity contribution in [3.8, 4) is 0 Å². The molecule has 1 saturated heterocycles.